The van der Waals surface area contributed by atoms with Crippen LogP contribution in [0.2, 0.25) is 0 Å². The number of carbonyl (C=O) groups excluding carboxylic acids is 1. The van der Waals surface area contributed by atoms with Crippen LogP contribution < -0.4 is 10.1 Å². The van der Waals surface area contributed by atoms with E-state index in [1.807, 2.05) is 86.2 Å². The Labute approximate surface area is 207 Å². The van der Waals surface area contributed by atoms with E-state index in [4.69, 9.17) is 4.74 Å². The molecule has 0 aliphatic rings. The van der Waals surface area contributed by atoms with Crippen LogP contribution in [0.4, 0.5) is 5.13 Å². The topological polar surface area (TPSA) is 81.9 Å². The molecule has 2 aromatic carbocycles. The number of hydrogen-bond acceptors (Lipinski definition) is 7. The Morgan fingerprint density at radius 1 is 1.09 bits per heavy atom. The van der Waals surface area contributed by atoms with Gasteiger partial charge in [-0.05, 0) is 39.8 Å². The van der Waals surface area contributed by atoms with Crippen molar-refractivity contribution >= 4 is 34.1 Å². The molecule has 2 aromatic heterocycles. The van der Waals surface area contributed by atoms with Crippen molar-refractivity contribution in [3.63, 3.8) is 0 Å². The lowest BCUT2D eigenvalue weighted by Crippen LogP contribution is -2.15. The number of aromatic nitrogens is 4. The van der Waals surface area contributed by atoms with Crippen LogP contribution in [0.3, 0.4) is 0 Å². The first kappa shape index (κ1) is 24.0. The van der Waals surface area contributed by atoms with Gasteiger partial charge in [0.25, 0.3) is 0 Å². The summed E-state index contributed by atoms with van der Waals surface area (Å²) in [6, 6.07) is 16.1. The zero-order valence-corrected chi connectivity index (χ0v) is 21.2. The van der Waals surface area contributed by atoms with E-state index in [1.165, 1.54) is 34.2 Å². The number of aryl methyl sites for hydroxylation is 2. The zero-order valence-electron chi connectivity index (χ0n) is 19.6. The van der Waals surface area contributed by atoms with Crippen LogP contribution in [-0.4, -0.2) is 31.4 Å². The Balaban J connectivity index is 1.35. The highest BCUT2D eigenvalue weighted by atomic mass is 32.2. The SMILES string of the molecule is CCn1c(SCC(=O)Nc2nc(-c3ccc(C)cc3)cs2)nnc1C(C)Oc1ccc(C)cc1. The molecule has 7 nitrogen and oxygen atoms in total. The second kappa shape index (κ2) is 10.8. The number of carbonyl (C=O) groups is 1. The highest BCUT2D eigenvalue weighted by Gasteiger charge is 2.20. The average Bonchev–Trinajstić information content (AvgIpc) is 3.46. The minimum absolute atomic E-state index is 0.133. The number of thioether (sulfide) groups is 1. The number of rotatable bonds is 9. The Morgan fingerprint density at radius 2 is 1.76 bits per heavy atom. The molecule has 0 fully saturated rings. The van der Waals surface area contributed by atoms with E-state index in [0.717, 1.165) is 22.8 Å². The van der Waals surface area contributed by atoms with Gasteiger partial charge in [0.15, 0.2) is 22.2 Å². The van der Waals surface area contributed by atoms with Gasteiger partial charge in [-0.25, -0.2) is 4.98 Å². The van der Waals surface area contributed by atoms with Crippen molar-refractivity contribution in [3.8, 4) is 17.0 Å². The van der Waals surface area contributed by atoms with Crippen LogP contribution >= 0.6 is 23.1 Å². The predicted molar refractivity (Wildman–Crippen MR) is 138 cm³/mol. The second-order valence-electron chi connectivity index (χ2n) is 7.90. The van der Waals surface area contributed by atoms with Crippen LogP contribution in [0.25, 0.3) is 11.3 Å². The molecule has 4 rings (SSSR count). The summed E-state index contributed by atoms with van der Waals surface area (Å²) in [4.78, 5) is 17.1. The van der Waals surface area contributed by atoms with Gasteiger partial charge in [-0.3, -0.25) is 4.79 Å². The highest BCUT2D eigenvalue weighted by Crippen LogP contribution is 2.27. The highest BCUT2D eigenvalue weighted by molar-refractivity contribution is 7.99. The minimum Gasteiger partial charge on any atom is -0.483 e. The normalized spacial score (nSPS) is 11.9. The fourth-order valence-corrected chi connectivity index (χ4v) is 4.90. The molecule has 0 saturated heterocycles. The van der Waals surface area contributed by atoms with Gasteiger partial charge in [-0.2, -0.15) is 0 Å². The van der Waals surface area contributed by atoms with Gasteiger partial charge < -0.3 is 14.6 Å². The maximum Gasteiger partial charge on any atom is 0.236 e. The van der Waals surface area contributed by atoms with Crippen molar-refractivity contribution < 1.29 is 9.53 Å². The molecule has 4 aromatic rings. The number of nitrogens with zero attached hydrogens (tertiary/aromatic N) is 4. The predicted octanol–water partition coefficient (Wildman–Crippen LogP) is 5.91. The summed E-state index contributed by atoms with van der Waals surface area (Å²) >= 11 is 2.76. The van der Waals surface area contributed by atoms with E-state index in [9.17, 15) is 4.79 Å². The van der Waals surface area contributed by atoms with Crippen LogP contribution in [-0.2, 0) is 11.3 Å². The lowest BCUT2D eigenvalue weighted by atomic mass is 10.1. The maximum absolute atomic E-state index is 12.5. The quantitative estimate of drug-likeness (QED) is 0.292. The van der Waals surface area contributed by atoms with E-state index in [-0.39, 0.29) is 17.8 Å². The monoisotopic (exact) mass is 493 g/mol. The lowest BCUT2D eigenvalue weighted by molar-refractivity contribution is -0.113. The lowest BCUT2D eigenvalue weighted by Gasteiger charge is -2.15. The molecule has 1 atom stereocenters. The first-order chi connectivity index (χ1) is 16.4. The van der Waals surface area contributed by atoms with Crippen molar-refractivity contribution in [2.45, 2.75) is 45.5 Å². The molecule has 0 bridgehead atoms. The van der Waals surface area contributed by atoms with E-state index < -0.39 is 0 Å². The van der Waals surface area contributed by atoms with Crippen LogP contribution in [0.1, 0.15) is 36.9 Å². The Morgan fingerprint density at radius 3 is 2.44 bits per heavy atom. The van der Waals surface area contributed by atoms with Crippen molar-refractivity contribution in [2.75, 3.05) is 11.1 Å². The molecule has 1 unspecified atom stereocenters. The molecule has 1 N–H and O–H groups in total. The third-order valence-corrected chi connectivity index (χ3v) is 6.91. The number of ether oxygens (including phenoxy) is 1. The Bertz CT molecular complexity index is 1250. The summed E-state index contributed by atoms with van der Waals surface area (Å²) in [6.45, 7) is 8.75. The molecular weight excluding hydrogens is 466 g/mol. The fraction of sp³-hybridized carbons (Fsp3) is 0.280. The molecule has 9 heteroatoms. The van der Waals surface area contributed by atoms with Crippen LogP contribution in [0.5, 0.6) is 5.75 Å². The summed E-state index contributed by atoms with van der Waals surface area (Å²) < 4.78 is 8.02. The Kier molecular flexibility index (Phi) is 7.64. The first-order valence-electron chi connectivity index (χ1n) is 11.0. The molecule has 176 valence electrons. The molecule has 0 spiro atoms. The summed E-state index contributed by atoms with van der Waals surface area (Å²) in [5, 5.41) is 14.7. The van der Waals surface area contributed by atoms with E-state index in [2.05, 4.69) is 20.5 Å². The molecule has 34 heavy (non-hydrogen) atoms. The molecule has 0 saturated carbocycles. The van der Waals surface area contributed by atoms with E-state index in [0.29, 0.717) is 16.8 Å². The van der Waals surface area contributed by atoms with Gasteiger partial charge in [0, 0.05) is 17.5 Å². The number of anilines is 1. The molecule has 0 aliphatic heterocycles. The molecular formula is C25H27N5O2S2. The smallest absolute Gasteiger partial charge is 0.236 e. The number of hydrogen-bond donors (Lipinski definition) is 1. The number of thiazole rings is 1. The molecule has 0 radical (unpaired) electrons. The van der Waals surface area contributed by atoms with Crippen LogP contribution in [0.15, 0.2) is 59.1 Å². The van der Waals surface area contributed by atoms with Gasteiger partial charge in [0.2, 0.25) is 5.91 Å². The number of amides is 1. The van der Waals surface area contributed by atoms with E-state index >= 15 is 0 Å². The molecule has 0 aliphatic carbocycles. The van der Waals surface area contributed by atoms with Crippen LogP contribution in [0, 0.1) is 13.8 Å². The molecule has 1 amide bonds. The maximum atomic E-state index is 12.5. The van der Waals surface area contributed by atoms with E-state index in [1.54, 1.807) is 0 Å². The summed E-state index contributed by atoms with van der Waals surface area (Å²) in [5.74, 6) is 1.59. The first-order valence-corrected chi connectivity index (χ1v) is 12.9. The summed E-state index contributed by atoms with van der Waals surface area (Å²) in [6.07, 6.45) is -0.270. The number of benzene rings is 2. The standard InChI is InChI=1S/C25H27N5O2S2/c1-5-30-23(18(4)32-20-12-8-17(3)9-13-20)28-29-25(30)34-15-22(31)27-24-26-21(14-33-24)19-10-6-16(2)7-11-19/h6-14,18H,5,15H2,1-4H3,(H,26,27,31). The zero-order chi connectivity index (χ0) is 24.1. The van der Waals surface area contributed by atoms with Gasteiger partial charge in [0.05, 0.1) is 11.4 Å². The average molecular weight is 494 g/mol. The Hall–Kier alpha value is -3.17. The third-order valence-electron chi connectivity index (χ3n) is 5.19. The summed E-state index contributed by atoms with van der Waals surface area (Å²) in [7, 11) is 0. The van der Waals surface area contributed by atoms with Crippen molar-refractivity contribution in [1.82, 2.24) is 19.7 Å². The van der Waals surface area contributed by atoms with Crippen molar-refractivity contribution in [2.24, 2.45) is 0 Å². The van der Waals surface area contributed by atoms with Gasteiger partial charge in [-0.15, -0.1) is 21.5 Å². The molecule has 2 heterocycles. The number of nitrogens with one attached hydrogen (secondary N) is 1. The van der Waals surface area contributed by atoms with Gasteiger partial charge in [-0.1, -0.05) is 59.3 Å². The van der Waals surface area contributed by atoms with Crippen molar-refractivity contribution in [3.05, 3.63) is 70.9 Å². The fourth-order valence-electron chi connectivity index (χ4n) is 3.35. The second-order valence-corrected chi connectivity index (χ2v) is 9.70. The summed E-state index contributed by atoms with van der Waals surface area (Å²) in [5.41, 5.74) is 4.26. The largest absolute Gasteiger partial charge is 0.483 e. The van der Waals surface area contributed by atoms with Crippen molar-refractivity contribution in [1.29, 1.82) is 0 Å². The minimum atomic E-state index is -0.270. The van der Waals surface area contributed by atoms with Gasteiger partial charge in [0.1, 0.15) is 5.75 Å². The van der Waals surface area contributed by atoms with Gasteiger partial charge >= 0.3 is 0 Å². The third kappa shape index (κ3) is 5.84.